The second-order valence-electron chi connectivity index (χ2n) is 5.62. The summed E-state index contributed by atoms with van der Waals surface area (Å²) >= 11 is 0. The van der Waals surface area contributed by atoms with E-state index in [9.17, 15) is 0 Å². The van der Waals surface area contributed by atoms with Gasteiger partial charge in [0.15, 0.2) is 0 Å². The molecule has 1 aliphatic heterocycles. The summed E-state index contributed by atoms with van der Waals surface area (Å²) < 4.78 is 0. The summed E-state index contributed by atoms with van der Waals surface area (Å²) in [6.45, 7) is 5.96. The first-order valence-electron chi connectivity index (χ1n) is 7.63. The van der Waals surface area contributed by atoms with Crippen molar-refractivity contribution in [2.24, 2.45) is 0 Å². The molecule has 0 unspecified atom stereocenters. The van der Waals surface area contributed by atoms with Gasteiger partial charge in [0.05, 0.1) is 0 Å². The average Bonchev–Trinajstić information content (AvgIpc) is 2.45. The maximum Gasteiger partial charge on any atom is 0.0322 e. The van der Waals surface area contributed by atoms with Gasteiger partial charge in [0, 0.05) is 12.1 Å². The minimum atomic E-state index is 0.577. The fourth-order valence-electron chi connectivity index (χ4n) is 3.21. The van der Waals surface area contributed by atoms with E-state index in [4.69, 9.17) is 0 Å². The highest BCUT2D eigenvalue weighted by atomic mass is 15.2. The first kappa shape index (κ1) is 13.6. The molecule has 1 saturated heterocycles. The van der Waals surface area contributed by atoms with Crippen molar-refractivity contribution in [3.8, 4) is 0 Å². The number of hydrogen-bond donors (Lipinski definition) is 0. The zero-order valence-electron chi connectivity index (χ0n) is 11.9. The zero-order valence-corrected chi connectivity index (χ0v) is 11.9. The predicted octanol–water partition coefficient (Wildman–Crippen LogP) is 4.79. The van der Waals surface area contributed by atoms with Crippen molar-refractivity contribution in [1.29, 1.82) is 0 Å². The summed E-state index contributed by atoms with van der Waals surface area (Å²) in [4.78, 5) is 2.74. The maximum atomic E-state index is 2.74. The first-order valence-corrected chi connectivity index (χ1v) is 7.63. The monoisotopic (exact) mass is 245 g/mol. The van der Waals surface area contributed by atoms with Gasteiger partial charge in [-0.15, -0.1) is 0 Å². The van der Waals surface area contributed by atoms with Crippen molar-refractivity contribution < 1.29 is 0 Å². The topological polar surface area (TPSA) is 3.24 Å². The van der Waals surface area contributed by atoms with E-state index in [1.165, 1.54) is 50.6 Å². The lowest BCUT2D eigenvalue weighted by Gasteiger charge is -2.40. The molecule has 0 amide bonds. The molecule has 1 aliphatic rings. The predicted molar refractivity (Wildman–Crippen MR) is 78.7 cm³/mol. The van der Waals surface area contributed by atoms with Crippen molar-refractivity contribution in [3.63, 3.8) is 0 Å². The second-order valence-corrected chi connectivity index (χ2v) is 5.62. The third kappa shape index (κ3) is 3.35. The van der Waals surface area contributed by atoms with E-state index >= 15 is 0 Å². The van der Waals surface area contributed by atoms with Crippen molar-refractivity contribution in [2.75, 3.05) is 6.54 Å². The van der Waals surface area contributed by atoms with E-state index < -0.39 is 0 Å². The van der Waals surface area contributed by atoms with Crippen LogP contribution >= 0.6 is 0 Å². The Morgan fingerprint density at radius 3 is 2.72 bits per heavy atom. The van der Waals surface area contributed by atoms with E-state index in [1.54, 1.807) is 0 Å². The molecule has 1 heterocycles. The van der Waals surface area contributed by atoms with Gasteiger partial charge >= 0.3 is 0 Å². The zero-order chi connectivity index (χ0) is 12.8. The van der Waals surface area contributed by atoms with Crippen LogP contribution in [0, 0.1) is 0 Å². The van der Waals surface area contributed by atoms with Crippen LogP contribution in [0.5, 0.6) is 0 Å². The molecule has 1 fully saturated rings. The fourth-order valence-corrected chi connectivity index (χ4v) is 3.21. The number of benzene rings is 1. The number of unbranched alkanes of at least 4 members (excludes halogenated alkanes) is 1. The number of hydrogen-bond acceptors (Lipinski definition) is 1. The van der Waals surface area contributed by atoms with Gasteiger partial charge in [-0.3, -0.25) is 4.90 Å². The summed E-state index contributed by atoms with van der Waals surface area (Å²) in [5.74, 6) is 0. The van der Waals surface area contributed by atoms with E-state index in [1.807, 2.05) is 0 Å². The largest absolute Gasteiger partial charge is 0.294 e. The molecule has 2 rings (SSSR count). The van der Waals surface area contributed by atoms with Crippen LogP contribution < -0.4 is 0 Å². The SMILES string of the molecule is CCCC[C@@H]1CCCCN1[C@H](C)c1ccccc1. The maximum absolute atomic E-state index is 2.74. The molecule has 0 saturated carbocycles. The molecular formula is C17H27N. The quantitative estimate of drug-likeness (QED) is 0.720. The third-order valence-electron chi connectivity index (χ3n) is 4.34. The van der Waals surface area contributed by atoms with Crippen LogP contribution in [0.25, 0.3) is 0 Å². The molecule has 1 aromatic carbocycles. The summed E-state index contributed by atoms with van der Waals surface area (Å²) in [5.41, 5.74) is 1.47. The smallest absolute Gasteiger partial charge is 0.0322 e. The van der Waals surface area contributed by atoms with Crippen molar-refractivity contribution in [3.05, 3.63) is 35.9 Å². The van der Waals surface area contributed by atoms with Crippen LogP contribution in [0.15, 0.2) is 30.3 Å². The Morgan fingerprint density at radius 1 is 1.22 bits per heavy atom. The van der Waals surface area contributed by atoms with E-state index in [0.29, 0.717) is 6.04 Å². The molecule has 0 spiro atoms. The van der Waals surface area contributed by atoms with E-state index in [2.05, 4.69) is 49.1 Å². The Hall–Kier alpha value is -0.820. The molecule has 18 heavy (non-hydrogen) atoms. The molecule has 100 valence electrons. The Kier molecular flexibility index (Phi) is 5.25. The van der Waals surface area contributed by atoms with Gasteiger partial charge in [-0.1, -0.05) is 56.5 Å². The highest BCUT2D eigenvalue weighted by Crippen LogP contribution is 2.30. The van der Waals surface area contributed by atoms with Crippen LogP contribution in [0.1, 0.15) is 64.0 Å². The highest BCUT2D eigenvalue weighted by molar-refractivity contribution is 5.18. The summed E-state index contributed by atoms with van der Waals surface area (Å²) in [6, 6.07) is 12.4. The third-order valence-corrected chi connectivity index (χ3v) is 4.34. The number of rotatable bonds is 5. The standard InChI is InChI=1S/C17H27N/c1-3-4-12-17-13-8-9-14-18(17)15(2)16-10-6-5-7-11-16/h5-7,10-11,15,17H,3-4,8-9,12-14H2,1-2H3/t15-,17-/m1/s1. The normalized spacial score (nSPS) is 22.9. The van der Waals surface area contributed by atoms with Crippen LogP contribution in [0.3, 0.4) is 0 Å². The molecule has 0 radical (unpaired) electrons. The van der Waals surface area contributed by atoms with Gasteiger partial charge < -0.3 is 0 Å². The van der Waals surface area contributed by atoms with E-state index in [-0.39, 0.29) is 0 Å². The Bertz CT molecular complexity index is 333. The molecule has 0 bridgehead atoms. The highest BCUT2D eigenvalue weighted by Gasteiger charge is 2.26. The molecule has 2 atom stereocenters. The molecule has 0 aromatic heterocycles. The molecule has 1 aromatic rings. The lowest BCUT2D eigenvalue weighted by Crippen LogP contribution is -2.41. The van der Waals surface area contributed by atoms with Gasteiger partial charge in [0.2, 0.25) is 0 Å². The van der Waals surface area contributed by atoms with Gasteiger partial charge in [-0.25, -0.2) is 0 Å². The Morgan fingerprint density at radius 2 is 2.00 bits per heavy atom. The van der Waals surface area contributed by atoms with Crippen LogP contribution in [-0.4, -0.2) is 17.5 Å². The minimum Gasteiger partial charge on any atom is -0.294 e. The summed E-state index contributed by atoms with van der Waals surface area (Å²) in [5, 5.41) is 0. The number of piperidine rings is 1. The van der Waals surface area contributed by atoms with Crippen molar-refractivity contribution in [1.82, 2.24) is 4.90 Å². The van der Waals surface area contributed by atoms with Crippen LogP contribution in [0.4, 0.5) is 0 Å². The Balaban J connectivity index is 2.03. The summed E-state index contributed by atoms with van der Waals surface area (Å²) in [6.07, 6.45) is 8.28. The molecule has 0 N–H and O–H groups in total. The lowest BCUT2D eigenvalue weighted by molar-refractivity contribution is 0.0952. The molecular weight excluding hydrogens is 218 g/mol. The Labute approximate surface area is 112 Å². The molecule has 1 nitrogen and oxygen atoms in total. The van der Waals surface area contributed by atoms with Crippen LogP contribution in [0.2, 0.25) is 0 Å². The number of nitrogens with zero attached hydrogens (tertiary/aromatic N) is 1. The van der Waals surface area contributed by atoms with Gasteiger partial charge in [0.1, 0.15) is 0 Å². The fraction of sp³-hybridized carbons (Fsp3) is 0.647. The average molecular weight is 245 g/mol. The lowest BCUT2D eigenvalue weighted by atomic mass is 9.94. The molecule has 0 aliphatic carbocycles. The van der Waals surface area contributed by atoms with Crippen molar-refractivity contribution >= 4 is 0 Å². The summed E-state index contributed by atoms with van der Waals surface area (Å²) in [7, 11) is 0. The number of likely N-dealkylation sites (tertiary alicyclic amines) is 1. The van der Waals surface area contributed by atoms with Gasteiger partial charge in [-0.2, -0.15) is 0 Å². The van der Waals surface area contributed by atoms with Crippen LogP contribution in [-0.2, 0) is 0 Å². The first-order chi connectivity index (χ1) is 8.83. The molecule has 1 heteroatoms. The van der Waals surface area contributed by atoms with Crippen molar-refractivity contribution in [2.45, 2.75) is 64.5 Å². The second kappa shape index (κ2) is 6.94. The van der Waals surface area contributed by atoms with Gasteiger partial charge in [-0.05, 0) is 38.3 Å². The van der Waals surface area contributed by atoms with E-state index in [0.717, 1.165) is 6.04 Å². The van der Waals surface area contributed by atoms with Gasteiger partial charge in [0.25, 0.3) is 0 Å². The minimum absolute atomic E-state index is 0.577.